The number of anilines is 1. The number of para-hydroxylation sites is 1. The van der Waals surface area contributed by atoms with Gasteiger partial charge in [-0.25, -0.2) is 0 Å². The second-order valence-corrected chi connectivity index (χ2v) is 6.42. The maximum Gasteiger partial charge on any atom is 0.418 e. The molecule has 0 spiro atoms. The van der Waals surface area contributed by atoms with Crippen LogP contribution in [0.15, 0.2) is 24.3 Å². The smallest absolute Gasteiger partial charge is 0.343 e. The molecule has 0 atom stereocenters. The number of rotatable bonds is 10. The van der Waals surface area contributed by atoms with Crippen molar-refractivity contribution >= 4 is 23.4 Å². The van der Waals surface area contributed by atoms with Crippen LogP contribution in [0, 0.1) is 0 Å². The number of benzene rings is 1. The summed E-state index contributed by atoms with van der Waals surface area (Å²) in [6, 6.07) is 4.67. The Morgan fingerprint density at radius 1 is 0.897 bits per heavy atom. The molecule has 0 aromatic heterocycles. The van der Waals surface area contributed by atoms with E-state index < -0.39 is 17.6 Å². The van der Waals surface area contributed by atoms with Gasteiger partial charge in [0, 0.05) is 32.5 Å². The predicted molar refractivity (Wildman–Crippen MR) is 104 cm³/mol. The third-order valence-corrected chi connectivity index (χ3v) is 4.47. The lowest BCUT2D eigenvalue weighted by Crippen LogP contribution is -2.38. The molecule has 0 unspecified atom stereocenters. The van der Waals surface area contributed by atoms with Crippen molar-refractivity contribution in [3.63, 3.8) is 0 Å². The summed E-state index contributed by atoms with van der Waals surface area (Å²) in [5, 5.41) is 2.23. The summed E-state index contributed by atoms with van der Waals surface area (Å²) in [6.45, 7) is 6.51. The van der Waals surface area contributed by atoms with Crippen LogP contribution in [-0.4, -0.2) is 53.7 Å². The van der Waals surface area contributed by atoms with E-state index in [1.165, 1.54) is 17.0 Å². The third kappa shape index (κ3) is 7.75. The van der Waals surface area contributed by atoms with E-state index in [2.05, 4.69) is 5.32 Å². The largest absolute Gasteiger partial charge is 0.418 e. The Morgan fingerprint density at radius 3 is 1.93 bits per heavy atom. The SMILES string of the molecule is CCN(CC)C(=O)CCCC(=O)N(CC)CC(=O)Nc1ccccc1C(F)(F)F. The highest BCUT2D eigenvalue weighted by atomic mass is 19.4. The Hall–Kier alpha value is -2.58. The molecule has 0 saturated carbocycles. The third-order valence-electron chi connectivity index (χ3n) is 4.47. The maximum absolute atomic E-state index is 13.0. The zero-order valence-corrected chi connectivity index (χ0v) is 17.0. The number of amides is 3. The Morgan fingerprint density at radius 2 is 1.41 bits per heavy atom. The fourth-order valence-electron chi connectivity index (χ4n) is 2.86. The van der Waals surface area contributed by atoms with Crippen LogP contribution in [0.5, 0.6) is 0 Å². The molecule has 0 saturated heterocycles. The molecule has 6 nitrogen and oxygen atoms in total. The summed E-state index contributed by atoms with van der Waals surface area (Å²) in [7, 11) is 0. The van der Waals surface area contributed by atoms with Crippen molar-refractivity contribution in [2.24, 2.45) is 0 Å². The molecular formula is C20H28F3N3O3. The first-order valence-electron chi connectivity index (χ1n) is 9.65. The molecule has 0 aliphatic heterocycles. The van der Waals surface area contributed by atoms with Crippen LogP contribution in [0.1, 0.15) is 45.6 Å². The molecule has 29 heavy (non-hydrogen) atoms. The monoisotopic (exact) mass is 415 g/mol. The topological polar surface area (TPSA) is 69.7 Å². The normalized spacial score (nSPS) is 11.1. The second kappa shape index (κ2) is 11.4. The molecule has 0 aliphatic rings. The molecule has 1 N–H and O–H groups in total. The fraction of sp³-hybridized carbons (Fsp3) is 0.550. The highest BCUT2D eigenvalue weighted by molar-refractivity contribution is 5.95. The number of likely N-dealkylation sites (N-methyl/N-ethyl adjacent to an activating group) is 1. The van der Waals surface area contributed by atoms with Crippen molar-refractivity contribution in [3.05, 3.63) is 29.8 Å². The van der Waals surface area contributed by atoms with Gasteiger partial charge in [-0.05, 0) is 39.3 Å². The van der Waals surface area contributed by atoms with Crippen molar-refractivity contribution in [2.45, 2.75) is 46.2 Å². The average molecular weight is 415 g/mol. The zero-order valence-electron chi connectivity index (χ0n) is 17.0. The number of carbonyl (C=O) groups excluding carboxylic acids is 3. The van der Waals surface area contributed by atoms with Gasteiger partial charge in [0.2, 0.25) is 17.7 Å². The molecule has 1 rings (SSSR count). The van der Waals surface area contributed by atoms with Gasteiger partial charge in [-0.1, -0.05) is 12.1 Å². The van der Waals surface area contributed by atoms with Crippen LogP contribution in [0.3, 0.4) is 0 Å². The van der Waals surface area contributed by atoms with E-state index in [4.69, 9.17) is 0 Å². The minimum Gasteiger partial charge on any atom is -0.343 e. The van der Waals surface area contributed by atoms with E-state index in [-0.39, 0.29) is 43.4 Å². The number of nitrogens with one attached hydrogen (secondary N) is 1. The van der Waals surface area contributed by atoms with E-state index >= 15 is 0 Å². The predicted octanol–water partition coefficient (Wildman–Crippen LogP) is 3.53. The first kappa shape index (κ1) is 24.5. The van der Waals surface area contributed by atoms with E-state index in [0.29, 0.717) is 19.5 Å². The van der Waals surface area contributed by atoms with Crippen molar-refractivity contribution in [1.29, 1.82) is 0 Å². The van der Waals surface area contributed by atoms with Crippen LogP contribution in [0.4, 0.5) is 18.9 Å². The molecule has 1 aromatic rings. The number of alkyl halides is 3. The molecule has 0 fully saturated rings. The van der Waals surface area contributed by atoms with Gasteiger partial charge >= 0.3 is 6.18 Å². The van der Waals surface area contributed by atoms with Gasteiger partial charge in [-0.2, -0.15) is 13.2 Å². The summed E-state index contributed by atoms with van der Waals surface area (Å²) in [5.41, 5.74) is -1.30. The molecule has 0 bridgehead atoms. The minimum atomic E-state index is -4.60. The first-order chi connectivity index (χ1) is 13.6. The second-order valence-electron chi connectivity index (χ2n) is 6.42. The van der Waals surface area contributed by atoms with Crippen LogP contribution in [-0.2, 0) is 20.6 Å². The number of hydrogen-bond donors (Lipinski definition) is 1. The molecule has 9 heteroatoms. The zero-order chi connectivity index (χ0) is 22.0. The van der Waals surface area contributed by atoms with E-state index in [1.54, 1.807) is 11.8 Å². The van der Waals surface area contributed by atoms with Gasteiger partial charge in [0.25, 0.3) is 0 Å². The number of hydrogen-bond acceptors (Lipinski definition) is 3. The van der Waals surface area contributed by atoms with Gasteiger partial charge < -0.3 is 15.1 Å². The molecule has 3 amide bonds. The standard InChI is InChI=1S/C20H28F3N3O3/c1-4-25(5-2)18(28)12-9-13-19(29)26(6-3)14-17(27)24-16-11-8-7-10-15(16)20(21,22)23/h7-8,10-11H,4-6,9,12-14H2,1-3H3,(H,24,27). The van der Waals surface area contributed by atoms with Crippen LogP contribution < -0.4 is 5.32 Å². The quantitative estimate of drug-likeness (QED) is 0.636. The molecule has 0 heterocycles. The fourth-order valence-corrected chi connectivity index (χ4v) is 2.86. The Bertz CT molecular complexity index is 704. The molecule has 162 valence electrons. The summed E-state index contributed by atoms with van der Waals surface area (Å²) in [6.07, 6.45) is -3.92. The van der Waals surface area contributed by atoms with Gasteiger partial charge in [-0.3, -0.25) is 14.4 Å². The highest BCUT2D eigenvalue weighted by Gasteiger charge is 2.33. The van der Waals surface area contributed by atoms with Crippen LogP contribution >= 0.6 is 0 Å². The number of nitrogens with zero attached hydrogens (tertiary/aromatic N) is 2. The Labute approximate surface area is 169 Å². The van der Waals surface area contributed by atoms with Crippen LogP contribution in [0.25, 0.3) is 0 Å². The van der Waals surface area contributed by atoms with E-state index in [0.717, 1.165) is 12.1 Å². The molecule has 1 aromatic carbocycles. The van der Waals surface area contributed by atoms with Crippen molar-refractivity contribution in [3.8, 4) is 0 Å². The minimum absolute atomic E-state index is 0.0349. The summed E-state index contributed by atoms with van der Waals surface area (Å²) in [5.74, 6) is -1.07. The summed E-state index contributed by atoms with van der Waals surface area (Å²) >= 11 is 0. The van der Waals surface area contributed by atoms with E-state index in [1.807, 2.05) is 13.8 Å². The highest BCUT2D eigenvalue weighted by Crippen LogP contribution is 2.34. The maximum atomic E-state index is 13.0. The Balaban J connectivity index is 2.61. The number of carbonyl (C=O) groups is 3. The first-order valence-corrected chi connectivity index (χ1v) is 9.65. The van der Waals surface area contributed by atoms with Crippen molar-refractivity contribution in [1.82, 2.24) is 9.80 Å². The lowest BCUT2D eigenvalue weighted by atomic mass is 10.1. The van der Waals surface area contributed by atoms with Gasteiger partial charge in [0.05, 0.1) is 17.8 Å². The van der Waals surface area contributed by atoms with Crippen molar-refractivity contribution in [2.75, 3.05) is 31.5 Å². The van der Waals surface area contributed by atoms with Gasteiger partial charge in [-0.15, -0.1) is 0 Å². The Kier molecular flexibility index (Phi) is 9.64. The van der Waals surface area contributed by atoms with Crippen LogP contribution in [0.2, 0.25) is 0 Å². The summed E-state index contributed by atoms with van der Waals surface area (Å²) in [4.78, 5) is 39.4. The van der Waals surface area contributed by atoms with Gasteiger partial charge in [0.1, 0.15) is 0 Å². The number of halogens is 3. The van der Waals surface area contributed by atoms with Crippen molar-refractivity contribution < 1.29 is 27.6 Å². The van der Waals surface area contributed by atoms with Gasteiger partial charge in [0.15, 0.2) is 0 Å². The lowest BCUT2D eigenvalue weighted by molar-refractivity contribution is -0.137. The molecule has 0 aliphatic carbocycles. The molecular weight excluding hydrogens is 387 g/mol. The average Bonchev–Trinajstić information content (AvgIpc) is 2.66. The lowest BCUT2D eigenvalue weighted by Gasteiger charge is -2.22. The van der Waals surface area contributed by atoms with E-state index in [9.17, 15) is 27.6 Å². The molecule has 0 radical (unpaired) electrons. The summed E-state index contributed by atoms with van der Waals surface area (Å²) < 4.78 is 39.1.